The van der Waals surface area contributed by atoms with E-state index in [0.717, 1.165) is 31.6 Å². The SMILES string of the molecule is O=C(C=Cc1ccc(-c2ccccc2[N+](=O)[O-])o1)c1ccc(N2CCC(O)CC2)cc1. The van der Waals surface area contributed by atoms with Crippen molar-refractivity contribution in [1.29, 1.82) is 0 Å². The molecule has 0 aliphatic carbocycles. The zero-order chi connectivity index (χ0) is 21.8. The second-order valence-corrected chi connectivity index (χ2v) is 7.44. The molecule has 0 saturated carbocycles. The standard InChI is InChI=1S/C24H22N2O5/c27-19-13-15-25(16-14-19)18-7-5-17(6-8-18)23(28)11-9-20-10-12-24(31-20)21-3-1-2-4-22(21)26(29)30/h1-12,19,27H,13-16H2. The summed E-state index contributed by atoms with van der Waals surface area (Å²) in [5.74, 6) is 0.643. The predicted octanol–water partition coefficient (Wildman–Crippen LogP) is 4.71. The van der Waals surface area contributed by atoms with Crippen LogP contribution in [0, 0.1) is 10.1 Å². The van der Waals surface area contributed by atoms with E-state index in [1.807, 2.05) is 12.1 Å². The fourth-order valence-electron chi connectivity index (χ4n) is 3.64. The molecule has 7 nitrogen and oxygen atoms in total. The van der Waals surface area contributed by atoms with Crippen LogP contribution in [-0.4, -0.2) is 35.0 Å². The molecule has 1 fully saturated rings. The Kier molecular flexibility index (Phi) is 5.95. The maximum Gasteiger partial charge on any atom is 0.280 e. The minimum atomic E-state index is -0.452. The van der Waals surface area contributed by atoms with Gasteiger partial charge in [-0.05, 0) is 67.5 Å². The lowest BCUT2D eigenvalue weighted by Crippen LogP contribution is -2.35. The van der Waals surface area contributed by atoms with E-state index < -0.39 is 4.92 Å². The highest BCUT2D eigenvalue weighted by Crippen LogP contribution is 2.31. The van der Waals surface area contributed by atoms with Crippen molar-refractivity contribution in [3.05, 3.63) is 88.2 Å². The van der Waals surface area contributed by atoms with Crippen molar-refractivity contribution in [1.82, 2.24) is 0 Å². The van der Waals surface area contributed by atoms with Gasteiger partial charge in [0.1, 0.15) is 11.5 Å². The Balaban J connectivity index is 1.44. The van der Waals surface area contributed by atoms with Crippen LogP contribution in [0.5, 0.6) is 0 Å². The Bertz CT molecular complexity index is 1110. The number of carbonyl (C=O) groups excluding carboxylic acids is 1. The second kappa shape index (κ2) is 8.97. The van der Waals surface area contributed by atoms with Gasteiger partial charge in [-0.1, -0.05) is 12.1 Å². The lowest BCUT2D eigenvalue weighted by molar-refractivity contribution is -0.384. The molecule has 7 heteroatoms. The van der Waals surface area contributed by atoms with E-state index in [1.54, 1.807) is 48.5 Å². The van der Waals surface area contributed by atoms with Crippen molar-refractivity contribution >= 4 is 23.2 Å². The van der Waals surface area contributed by atoms with Gasteiger partial charge in [0.25, 0.3) is 5.69 Å². The molecule has 2 heterocycles. The van der Waals surface area contributed by atoms with E-state index in [-0.39, 0.29) is 17.6 Å². The van der Waals surface area contributed by atoms with Crippen LogP contribution in [-0.2, 0) is 0 Å². The fourth-order valence-corrected chi connectivity index (χ4v) is 3.64. The molecule has 0 unspecified atom stereocenters. The number of anilines is 1. The number of rotatable bonds is 6. The molecule has 0 amide bonds. The molecule has 2 aromatic carbocycles. The first-order chi connectivity index (χ1) is 15.0. The molecule has 0 radical (unpaired) electrons. The molecule has 1 aliphatic heterocycles. The van der Waals surface area contributed by atoms with E-state index in [2.05, 4.69) is 4.90 Å². The maximum atomic E-state index is 12.5. The summed E-state index contributed by atoms with van der Waals surface area (Å²) >= 11 is 0. The number of nitro benzene ring substituents is 1. The van der Waals surface area contributed by atoms with E-state index in [4.69, 9.17) is 4.42 Å². The summed E-state index contributed by atoms with van der Waals surface area (Å²) in [6.07, 6.45) is 4.26. The topological polar surface area (TPSA) is 96.8 Å². The van der Waals surface area contributed by atoms with Gasteiger partial charge in [0.15, 0.2) is 5.78 Å². The van der Waals surface area contributed by atoms with Crippen molar-refractivity contribution < 1.29 is 19.2 Å². The summed E-state index contributed by atoms with van der Waals surface area (Å²) in [5.41, 5.74) is 1.95. The van der Waals surface area contributed by atoms with E-state index >= 15 is 0 Å². The highest BCUT2D eigenvalue weighted by molar-refractivity contribution is 6.06. The number of hydrogen-bond donors (Lipinski definition) is 1. The molecular weight excluding hydrogens is 396 g/mol. The lowest BCUT2D eigenvalue weighted by Gasteiger charge is -2.31. The second-order valence-electron chi connectivity index (χ2n) is 7.44. The largest absolute Gasteiger partial charge is 0.456 e. The number of allylic oxidation sites excluding steroid dienone is 1. The van der Waals surface area contributed by atoms with Gasteiger partial charge in [-0.25, -0.2) is 0 Å². The Morgan fingerprint density at radius 2 is 1.77 bits per heavy atom. The molecule has 1 aliphatic rings. The summed E-state index contributed by atoms with van der Waals surface area (Å²) < 4.78 is 5.68. The molecule has 4 rings (SSSR count). The van der Waals surface area contributed by atoms with Gasteiger partial charge < -0.3 is 14.4 Å². The molecule has 3 aromatic rings. The van der Waals surface area contributed by atoms with Crippen molar-refractivity contribution in [3.8, 4) is 11.3 Å². The molecule has 158 valence electrons. The number of para-hydroxylation sites is 1. The fraction of sp³-hybridized carbons (Fsp3) is 0.208. The van der Waals surface area contributed by atoms with Crippen LogP contribution in [0.2, 0.25) is 0 Å². The third-order valence-corrected chi connectivity index (χ3v) is 5.37. The number of carbonyl (C=O) groups is 1. The molecule has 0 bridgehead atoms. The number of benzene rings is 2. The highest BCUT2D eigenvalue weighted by Gasteiger charge is 2.18. The van der Waals surface area contributed by atoms with Gasteiger partial charge in [-0.15, -0.1) is 0 Å². The third-order valence-electron chi connectivity index (χ3n) is 5.37. The Morgan fingerprint density at radius 1 is 1.06 bits per heavy atom. The summed E-state index contributed by atoms with van der Waals surface area (Å²) in [4.78, 5) is 25.5. The van der Waals surface area contributed by atoms with Crippen molar-refractivity contribution in [2.24, 2.45) is 0 Å². The average molecular weight is 418 g/mol. The first-order valence-electron chi connectivity index (χ1n) is 10.1. The van der Waals surface area contributed by atoms with Gasteiger partial charge in [-0.2, -0.15) is 0 Å². The van der Waals surface area contributed by atoms with Crippen LogP contribution in [0.3, 0.4) is 0 Å². The van der Waals surface area contributed by atoms with Crippen molar-refractivity contribution in [2.45, 2.75) is 18.9 Å². The maximum absolute atomic E-state index is 12.5. The van der Waals surface area contributed by atoms with Crippen LogP contribution >= 0.6 is 0 Å². The third kappa shape index (κ3) is 4.73. The molecule has 1 saturated heterocycles. The molecule has 0 spiro atoms. The molecular formula is C24H22N2O5. The predicted molar refractivity (Wildman–Crippen MR) is 118 cm³/mol. The average Bonchev–Trinajstić information content (AvgIpc) is 3.27. The number of hydrogen-bond acceptors (Lipinski definition) is 6. The number of nitro groups is 1. The lowest BCUT2D eigenvalue weighted by atomic mass is 10.1. The number of piperidine rings is 1. The first-order valence-corrected chi connectivity index (χ1v) is 10.1. The van der Waals surface area contributed by atoms with Gasteiger partial charge in [-0.3, -0.25) is 14.9 Å². The van der Waals surface area contributed by atoms with E-state index in [9.17, 15) is 20.0 Å². The minimum Gasteiger partial charge on any atom is -0.456 e. The summed E-state index contributed by atoms with van der Waals surface area (Å²) in [6, 6.07) is 17.1. The Morgan fingerprint density at radius 3 is 2.48 bits per heavy atom. The summed E-state index contributed by atoms with van der Waals surface area (Å²) in [5, 5.41) is 20.8. The van der Waals surface area contributed by atoms with Crippen LogP contribution < -0.4 is 4.90 Å². The summed E-state index contributed by atoms with van der Waals surface area (Å²) in [6.45, 7) is 1.60. The van der Waals surface area contributed by atoms with Crippen LogP contribution in [0.15, 0.2) is 71.2 Å². The highest BCUT2D eigenvalue weighted by atomic mass is 16.6. The Hall–Kier alpha value is -3.71. The normalized spacial score (nSPS) is 14.8. The zero-order valence-electron chi connectivity index (χ0n) is 16.8. The first kappa shape index (κ1) is 20.6. The van der Waals surface area contributed by atoms with Gasteiger partial charge >= 0.3 is 0 Å². The van der Waals surface area contributed by atoms with Crippen molar-refractivity contribution in [2.75, 3.05) is 18.0 Å². The minimum absolute atomic E-state index is 0.0354. The number of furan rings is 1. The monoisotopic (exact) mass is 418 g/mol. The van der Waals surface area contributed by atoms with Crippen LogP contribution in [0.1, 0.15) is 29.0 Å². The van der Waals surface area contributed by atoms with Gasteiger partial charge in [0, 0.05) is 30.4 Å². The smallest absolute Gasteiger partial charge is 0.280 e. The molecule has 0 atom stereocenters. The number of nitrogens with zero attached hydrogens (tertiary/aromatic N) is 2. The van der Waals surface area contributed by atoms with Crippen LogP contribution in [0.25, 0.3) is 17.4 Å². The number of aliphatic hydroxyl groups is 1. The molecule has 1 aromatic heterocycles. The quantitative estimate of drug-likeness (QED) is 0.269. The van der Waals surface area contributed by atoms with E-state index in [1.165, 1.54) is 12.1 Å². The Labute approximate surface area is 179 Å². The van der Waals surface area contributed by atoms with Gasteiger partial charge in [0.2, 0.25) is 0 Å². The van der Waals surface area contributed by atoms with Gasteiger partial charge in [0.05, 0.1) is 16.6 Å². The van der Waals surface area contributed by atoms with E-state index in [0.29, 0.717) is 22.6 Å². The number of aliphatic hydroxyl groups excluding tert-OH is 1. The molecule has 31 heavy (non-hydrogen) atoms. The number of ketones is 1. The van der Waals surface area contributed by atoms with Crippen LogP contribution in [0.4, 0.5) is 11.4 Å². The molecule has 1 N–H and O–H groups in total. The zero-order valence-corrected chi connectivity index (χ0v) is 16.8. The summed E-state index contributed by atoms with van der Waals surface area (Å²) in [7, 11) is 0. The van der Waals surface area contributed by atoms with Crippen molar-refractivity contribution in [3.63, 3.8) is 0 Å².